The monoisotopic (exact) mass is 159 g/mol. The Kier molecular flexibility index (Phi) is 2.09. The first-order valence-corrected chi connectivity index (χ1v) is 3.30. The minimum absolute atomic E-state index is 0.185. The van der Waals surface area contributed by atoms with Gasteiger partial charge in [0.25, 0.3) is 0 Å². The van der Waals surface area contributed by atoms with Crippen LogP contribution in [0.2, 0.25) is 0 Å². The molecule has 5 nitrogen and oxygen atoms in total. The Morgan fingerprint density at radius 2 is 1.91 bits per heavy atom. The lowest BCUT2D eigenvalue weighted by molar-refractivity contribution is -0.141. The molecule has 2 atom stereocenters. The van der Waals surface area contributed by atoms with Gasteiger partial charge in [0.05, 0.1) is 5.92 Å². The Hall–Kier alpha value is -1.10. The second-order valence-corrected chi connectivity index (χ2v) is 2.57. The van der Waals surface area contributed by atoms with Crippen molar-refractivity contribution in [2.75, 3.05) is 6.54 Å². The molecule has 3 N–H and O–H groups in total. The fourth-order valence-corrected chi connectivity index (χ4v) is 1.11. The summed E-state index contributed by atoms with van der Waals surface area (Å²) in [5, 5.41) is 19.5. The second kappa shape index (κ2) is 2.87. The number of rotatable bonds is 2. The van der Waals surface area contributed by atoms with Gasteiger partial charge in [-0.25, -0.2) is 0 Å². The van der Waals surface area contributed by atoms with E-state index in [-0.39, 0.29) is 13.0 Å². The molecule has 1 unspecified atom stereocenters. The van der Waals surface area contributed by atoms with Crippen LogP contribution in [0, 0.1) is 5.92 Å². The number of carboxylic acid groups (broad SMARTS) is 2. The third-order valence-electron chi connectivity index (χ3n) is 1.78. The first-order chi connectivity index (χ1) is 5.11. The van der Waals surface area contributed by atoms with Crippen LogP contribution in [-0.2, 0) is 9.59 Å². The Labute approximate surface area is 63.0 Å². The molecule has 0 aromatic heterocycles. The Morgan fingerprint density at radius 3 is 2.18 bits per heavy atom. The van der Waals surface area contributed by atoms with E-state index < -0.39 is 23.9 Å². The summed E-state index contributed by atoms with van der Waals surface area (Å²) in [5.74, 6) is -2.45. The van der Waals surface area contributed by atoms with E-state index in [0.717, 1.165) is 0 Å². The van der Waals surface area contributed by atoms with Gasteiger partial charge in [-0.3, -0.25) is 9.59 Å². The van der Waals surface area contributed by atoms with Gasteiger partial charge in [0.1, 0.15) is 6.04 Å². The van der Waals surface area contributed by atoms with E-state index in [9.17, 15) is 9.59 Å². The summed E-state index contributed by atoms with van der Waals surface area (Å²) in [6.45, 7) is 0.256. The SMILES string of the molecule is O=C(O)C1CN[C@@H](C(=O)O)C1. The van der Waals surface area contributed by atoms with Crippen LogP contribution >= 0.6 is 0 Å². The molecule has 0 radical (unpaired) electrons. The number of aliphatic carboxylic acids is 2. The molecular formula is C6H9NO4. The molecule has 62 valence electrons. The van der Waals surface area contributed by atoms with Gasteiger partial charge in [-0.15, -0.1) is 0 Å². The maximum atomic E-state index is 10.3. The lowest BCUT2D eigenvalue weighted by Crippen LogP contribution is -2.29. The molecule has 0 saturated carbocycles. The molecular weight excluding hydrogens is 150 g/mol. The maximum absolute atomic E-state index is 10.3. The highest BCUT2D eigenvalue weighted by molar-refractivity contribution is 5.77. The largest absolute Gasteiger partial charge is 0.481 e. The van der Waals surface area contributed by atoms with Crippen molar-refractivity contribution in [2.45, 2.75) is 12.5 Å². The highest BCUT2D eigenvalue weighted by Gasteiger charge is 2.32. The summed E-state index contributed by atoms with van der Waals surface area (Å²) in [7, 11) is 0. The van der Waals surface area contributed by atoms with Gasteiger partial charge in [0.15, 0.2) is 0 Å². The highest BCUT2D eigenvalue weighted by Crippen LogP contribution is 2.13. The molecule has 0 aromatic carbocycles. The van der Waals surface area contributed by atoms with Gasteiger partial charge in [-0.2, -0.15) is 0 Å². The van der Waals surface area contributed by atoms with Crippen LogP contribution in [0.4, 0.5) is 0 Å². The summed E-state index contributed by atoms with van der Waals surface area (Å²) in [5.41, 5.74) is 0. The van der Waals surface area contributed by atoms with E-state index in [2.05, 4.69) is 5.32 Å². The van der Waals surface area contributed by atoms with Crippen LogP contribution in [0.3, 0.4) is 0 Å². The smallest absolute Gasteiger partial charge is 0.320 e. The van der Waals surface area contributed by atoms with Crippen LogP contribution in [0.25, 0.3) is 0 Å². The second-order valence-electron chi connectivity index (χ2n) is 2.57. The Bertz CT molecular complexity index is 171. The van der Waals surface area contributed by atoms with Gasteiger partial charge >= 0.3 is 11.9 Å². The summed E-state index contributed by atoms with van der Waals surface area (Å²) in [6.07, 6.45) is 0.185. The number of hydrogen-bond acceptors (Lipinski definition) is 3. The van der Waals surface area contributed by atoms with Crippen molar-refractivity contribution in [3.63, 3.8) is 0 Å². The van der Waals surface area contributed by atoms with Gasteiger partial charge in [0, 0.05) is 6.54 Å². The normalized spacial score (nSPS) is 30.2. The minimum atomic E-state index is -0.978. The lowest BCUT2D eigenvalue weighted by atomic mass is 10.1. The minimum Gasteiger partial charge on any atom is -0.481 e. The van der Waals surface area contributed by atoms with Crippen molar-refractivity contribution < 1.29 is 19.8 Å². The molecule has 1 aliphatic heterocycles. The standard InChI is InChI=1S/C6H9NO4/c8-5(9)3-1-4(6(10)11)7-2-3/h3-4,7H,1-2H2,(H,8,9)(H,10,11)/t3?,4-/m1/s1. The first kappa shape index (κ1) is 8.00. The molecule has 1 fully saturated rings. The van der Waals surface area contributed by atoms with Gasteiger partial charge < -0.3 is 15.5 Å². The van der Waals surface area contributed by atoms with Crippen LogP contribution in [-0.4, -0.2) is 34.7 Å². The zero-order chi connectivity index (χ0) is 8.43. The number of carbonyl (C=O) groups is 2. The molecule has 0 bridgehead atoms. The van der Waals surface area contributed by atoms with Crippen LogP contribution in [0.15, 0.2) is 0 Å². The zero-order valence-electron chi connectivity index (χ0n) is 5.78. The van der Waals surface area contributed by atoms with E-state index in [4.69, 9.17) is 10.2 Å². The van der Waals surface area contributed by atoms with Gasteiger partial charge in [0.2, 0.25) is 0 Å². The quantitative estimate of drug-likeness (QED) is 0.487. The molecule has 0 spiro atoms. The van der Waals surface area contributed by atoms with Crippen molar-refractivity contribution >= 4 is 11.9 Å². The molecule has 0 aliphatic carbocycles. The van der Waals surface area contributed by atoms with Crippen molar-refractivity contribution in [1.29, 1.82) is 0 Å². The number of nitrogens with one attached hydrogen (secondary N) is 1. The fraction of sp³-hybridized carbons (Fsp3) is 0.667. The first-order valence-electron chi connectivity index (χ1n) is 3.30. The zero-order valence-corrected chi connectivity index (χ0v) is 5.78. The van der Waals surface area contributed by atoms with E-state index in [0.29, 0.717) is 0 Å². The summed E-state index contributed by atoms with van der Waals surface area (Å²) in [4.78, 5) is 20.7. The van der Waals surface area contributed by atoms with Crippen LogP contribution < -0.4 is 5.32 Å². The third-order valence-corrected chi connectivity index (χ3v) is 1.78. The van der Waals surface area contributed by atoms with E-state index >= 15 is 0 Å². The average Bonchev–Trinajstić information content (AvgIpc) is 2.33. The van der Waals surface area contributed by atoms with Gasteiger partial charge in [-0.05, 0) is 6.42 Å². The average molecular weight is 159 g/mol. The third kappa shape index (κ3) is 1.68. The summed E-state index contributed by atoms with van der Waals surface area (Å²) < 4.78 is 0. The molecule has 0 aromatic rings. The van der Waals surface area contributed by atoms with Crippen LogP contribution in [0.1, 0.15) is 6.42 Å². The maximum Gasteiger partial charge on any atom is 0.320 e. The Balaban J connectivity index is 2.47. The predicted octanol–water partition coefficient (Wildman–Crippen LogP) is -0.866. The van der Waals surface area contributed by atoms with Gasteiger partial charge in [-0.1, -0.05) is 0 Å². The highest BCUT2D eigenvalue weighted by atomic mass is 16.4. The van der Waals surface area contributed by atoms with Crippen molar-refractivity contribution in [2.24, 2.45) is 5.92 Å². The van der Waals surface area contributed by atoms with E-state index in [1.165, 1.54) is 0 Å². The fourth-order valence-electron chi connectivity index (χ4n) is 1.11. The summed E-state index contributed by atoms with van der Waals surface area (Å²) in [6, 6.07) is -0.684. The van der Waals surface area contributed by atoms with Crippen LogP contribution in [0.5, 0.6) is 0 Å². The number of hydrogen-bond donors (Lipinski definition) is 3. The molecule has 1 rings (SSSR count). The topological polar surface area (TPSA) is 86.6 Å². The predicted molar refractivity (Wildman–Crippen MR) is 35.2 cm³/mol. The van der Waals surface area contributed by atoms with Crippen molar-refractivity contribution in [3.8, 4) is 0 Å². The molecule has 1 saturated heterocycles. The van der Waals surface area contributed by atoms with E-state index in [1.807, 2.05) is 0 Å². The molecule has 5 heteroatoms. The number of carboxylic acids is 2. The van der Waals surface area contributed by atoms with Crippen molar-refractivity contribution in [3.05, 3.63) is 0 Å². The molecule has 1 aliphatic rings. The summed E-state index contributed by atoms with van der Waals surface area (Å²) >= 11 is 0. The molecule has 0 amide bonds. The lowest BCUT2D eigenvalue weighted by Gasteiger charge is -2.00. The van der Waals surface area contributed by atoms with E-state index in [1.54, 1.807) is 0 Å². The molecule has 11 heavy (non-hydrogen) atoms. The Morgan fingerprint density at radius 1 is 1.27 bits per heavy atom. The van der Waals surface area contributed by atoms with Crippen molar-refractivity contribution in [1.82, 2.24) is 5.32 Å². The molecule has 1 heterocycles.